The maximum absolute atomic E-state index is 10.5. The van der Waals surface area contributed by atoms with E-state index in [-0.39, 0.29) is 5.69 Å². The van der Waals surface area contributed by atoms with Crippen molar-refractivity contribution in [3.8, 4) is 0 Å². The van der Waals surface area contributed by atoms with Gasteiger partial charge in [0.05, 0.1) is 4.92 Å². The largest absolute Gasteiger partial charge is 0.488 e. The van der Waals surface area contributed by atoms with Crippen LogP contribution in [0, 0.1) is 10.1 Å². The van der Waals surface area contributed by atoms with Crippen LogP contribution in [0.2, 0.25) is 0 Å². The molecule has 0 aliphatic rings. The molecule has 0 aliphatic carbocycles. The van der Waals surface area contributed by atoms with Crippen LogP contribution in [0.3, 0.4) is 0 Å². The SMILES string of the molecule is O=[N+]([O-])c1ccc(Sc2ccc(B(O)O)cc2)cc1. The molecule has 0 unspecified atom stereocenters. The minimum Gasteiger partial charge on any atom is -0.423 e. The molecular weight excluding hydrogens is 265 g/mol. The number of hydrogen-bond donors (Lipinski definition) is 2. The van der Waals surface area contributed by atoms with Crippen LogP contribution < -0.4 is 5.46 Å². The second-order valence-electron chi connectivity index (χ2n) is 3.80. The summed E-state index contributed by atoms with van der Waals surface area (Å²) < 4.78 is 0. The van der Waals surface area contributed by atoms with Gasteiger partial charge in [0.1, 0.15) is 0 Å². The molecule has 2 N–H and O–H groups in total. The Hall–Kier alpha value is -1.83. The Morgan fingerprint density at radius 2 is 1.42 bits per heavy atom. The third kappa shape index (κ3) is 3.57. The van der Waals surface area contributed by atoms with Crippen LogP contribution >= 0.6 is 11.8 Å². The molecule has 0 fully saturated rings. The van der Waals surface area contributed by atoms with Gasteiger partial charge in [-0.05, 0) is 29.7 Å². The average molecular weight is 275 g/mol. The maximum atomic E-state index is 10.5. The number of nitrogens with zero attached hydrogens (tertiary/aromatic N) is 1. The molecule has 96 valence electrons. The van der Waals surface area contributed by atoms with E-state index in [0.717, 1.165) is 9.79 Å². The number of benzene rings is 2. The van der Waals surface area contributed by atoms with Crippen molar-refractivity contribution in [3.05, 3.63) is 58.6 Å². The number of non-ortho nitro benzene ring substituents is 1. The van der Waals surface area contributed by atoms with Gasteiger partial charge in [-0.3, -0.25) is 10.1 Å². The van der Waals surface area contributed by atoms with E-state index in [0.29, 0.717) is 5.46 Å². The van der Waals surface area contributed by atoms with Gasteiger partial charge in [-0.2, -0.15) is 0 Å². The zero-order valence-electron chi connectivity index (χ0n) is 9.76. The molecule has 0 saturated heterocycles. The van der Waals surface area contributed by atoms with Gasteiger partial charge in [-0.15, -0.1) is 0 Å². The number of hydrogen-bond acceptors (Lipinski definition) is 5. The van der Waals surface area contributed by atoms with Gasteiger partial charge in [0.25, 0.3) is 5.69 Å². The summed E-state index contributed by atoms with van der Waals surface area (Å²) in [6, 6.07) is 13.0. The van der Waals surface area contributed by atoms with Crippen molar-refractivity contribution >= 4 is 30.0 Å². The van der Waals surface area contributed by atoms with E-state index >= 15 is 0 Å². The molecule has 0 aliphatic heterocycles. The average Bonchev–Trinajstić information content (AvgIpc) is 2.40. The predicted octanol–water partition coefficient (Wildman–Crippen LogP) is 1.43. The molecule has 0 atom stereocenters. The van der Waals surface area contributed by atoms with Gasteiger partial charge in [-0.1, -0.05) is 23.9 Å². The molecule has 19 heavy (non-hydrogen) atoms. The smallest absolute Gasteiger partial charge is 0.423 e. The first-order chi connectivity index (χ1) is 9.06. The normalized spacial score (nSPS) is 10.2. The monoisotopic (exact) mass is 275 g/mol. The lowest BCUT2D eigenvalue weighted by atomic mass is 9.81. The number of nitro groups is 1. The van der Waals surface area contributed by atoms with Crippen LogP contribution in [-0.4, -0.2) is 22.1 Å². The maximum Gasteiger partial charge on any atom is 0.488 e. The molecule has 0 spiro atoms. The minimum atomic E-state index is -1.47. The van der Waals surface area contributed by atoms with E-state index in [1.54, 1.807) is 36.4 Å². The molecule has 0 bridgehead atoms. The molecule has 2 rings (SSSR count). The summed E-state index contributed by atoms with van der Waals surface area (Å²) in [7, 11) is -1.47. The highest BCUT2D eigenvalue weighted by Crippen LogP contribution is 2.28. The summed E-state index contributed by atoms with van der Waals surface area (Å²) in [5, 5.41) is 28.5. The first kappa shape index (κ1) is 13.6. The van der Waals surface area contributed by atoms with E-state index < -0.39 is 12.0 Å². The van der Waals surface area contributed by atoms with Crippen LogP contribution in [0.1, 0.15) is 0 Å². The lowest BCUT2D eigenvalue weighted by Gasteiger charge is -2.03. The highest BCUT2D eigenvalue weighted by Gasteiger charge is 2.10. The van der Waals surface area contributed by atoms with Gasteiger partial charge >= 0.3 is 7.12 Å². The molecular formula is C12H10BNO4S. The van der Waals surface area contributed by atoms with E-state index in [4.69, 9.17) is 10.0 Å². The van der Waals surface area contributed by atoms with Gasteiger partial charge < -0.3 is 10.0 Å². The molecule has 0 heterocycles. The molecule has 5 nitrogen and oxygen atoms in total. The highest BCUT2D eigenvalue weighted by molar-refractivity contribution is 7.99. The molecule has 0 saturated carbocycles. The zero-order valence-corrected chi connectivity index (χ0v) is 10.6. The van der Waals surface area contributed by atoms with E-state index in [9.17, 15) is 10.1 Å². The predicted molar refractivity (Wildman–Crippen MR) is 73.5 cm³/mol. The van der Waals surface area contributed by atoms with Crippen LogP contribution in [0.15, 0.2) is 58.3 Å². The zero-order chi connectivity index (χ0) is 13.8. The topological polar surface area (TPSA) is 83.6 Å². The summed E-state index contributed by atoms with van der Waals surface area (Å²) >= 11 is 1.44. The van der Waals surface area contributed by atoms with Crippen LogP contribution in [0.25, 0.3) is 0 Å². The molecule has 2 aromatic carbocycles. The second-order valence-corrected chi connectivity index (χ2v) is 4.94. The van der Waals surface area contributed by atoms with Crippen molar-refractivity contribution in [1.29, 1.82) is 0 Å². The Labute approximate surface area is 114 Å². The van der Waals surface area contributed by atoms with Gasteiger partial charge in [-0.25, -0.2) is 0 Å². The highest BCUT2D eigenvalue weighted by atomic mass is 32.2. The molecule has 0 radical (unpaired) electrons. The van der Waals surface area contributed by atoms with Crippen LogP contribution in [0.4, 0.5) is 5.69 Å². The number of nitro benzene ring substituents is 1. The fraction of sp³-hybridized carbons (Fsp3) is 0. The Bertz CT molecular complexity index is 571. The van der Waals surface area contributed by atoms with Crippen molar-refractivity contribution in [2.24, 2.45) is 0 Å². The quantitative estimate of drug-likeness (QED) is 0.501. The van der Waals surface area contributed by atoms with E-state index in [1.807, 2.05) is 0 Å². The van der Waals surface area contributed by atoms with Crippen molar-refractivity contribution in [2.75, 3.05) is 0 Å². The summed E-state index contributed by atoms with van der Waals surface area (Å²) in [6.07, 6.45) is 0. The fourth-order valence-electron chi connectivity index (χ4n) is 1.48. The van der Waals surface area contributed by atoms with Gasteiger partial charge in [0.2, 0.25) is 0 Å². The summed E-state index contributed by atoms with van der Waals surface area (Å²) in [5.41, 5.74) is 0.483. The van der Waals surface area contributed by atoms with E-state index in [1.165, 1.54) is 23.9 Å². The number of rotatable bonds is 4. The Kier molecular flexibility index (Phi) is 4.21. The van der Waals surface area contributed by atoms with Crippen molar-refractivity contribution in [1.82, 2.24) is 0 Å². The fourth-order valence-corrected chi connectivity index (χ4v) is 2.30. The lowest BCUT2D eigenvalue weighted by molar-refractivity contribution is -0.384. The first-order valence-electron chi connectivity index (χ1n) is 5.44. The molecule has 2 aromatic rings. The van der Waals surface area contributed by atoms with Crippen molar-refractivity contribution < 1.29 is 15.0 Å². The molecule has 7 heteroatoms. The van der Waals surface area contributed by atoms with Gasteiger partial charge in [0, 0.05) is 21.9 Å². The standard InChI is InChI=1S/C12H10BNO4S/c15-13(16)9-1-5-11(6-2-9)19-12-7-3-10(4-8-12)14(17)18/h1-8,15-16H. The molecule has 0 amide bonds. The second kappa shape index (κ2) is 5.88. The first-order valence-corrected chi connectivity index (χ1v) is 6.26. The van der Waals surface area contributed by atoms with E-state index in [2.05, 4.69) is 0 Å². The molecule has 0 aromatic heterocycles. The summed E-state index contributed by atoms with van der Waals surface area (Å²) in [4.78, 5) is 11.9. The minimum absolute atomic E-state index is 0.0584. The lowest BCUT2D eigenvalue weighted by Crippen LogP contribution is -2.29. The Balaban J connectivity index is 2.10. The van der Waals surface area contributed by atoms with Crippen LogP contribution in [0.5, 0.6) is 0 Å². The van der Waals surface area contributed by atoms with Crippen LogP contribution in [-0.2, 0) is 0 Å². The van der Waals surface area contributed by atoms with Crippen molar-refractivity contribution in [2.45, 2.75) is 9.79 Å². The van der Waals surface area contributed by atoms with Gasteiger partial charge in [0.15, 0.2) is 0 Å². The summed E-state index contributed by atoms with van der Waals surface area (Å²) in [6.45, 7) is 0. The third-order valence-electron chi connectivity index (χ3n) is 2.46. The Morgan fingerprint density at radius 1 is 0.947 bits per heavy atom. The van der Waals surface area contributed by atoms with Crippen molar-refractivity contribution in [3.63, 3.8) is 0 Å². The third-order valence-corrected chi connectivity index (χ3v) is 3.48. The Morgan fingerprint density at radius 3 is 1.84 bits per heavy atom. The summed E-state index contributed by atoms with van der Waals surface area (Å²) in [5.74, 6) is 0.